The average molecular weight is 459 g/mol. The summed E-state index contributed by atoms with van der Waals surface area (Å²) in [6, 6.07) is -1.71. The second-order valence-corrected chi connectivity index (χ2v) is 10.5. The molecular formula is C22H42N4O6. The van der Waals surface area contributed by atoms with E-state index in [9.17, 15) is 19.2 Å². The van der Waals surface area contributed by atoms with E-state index in [0.717, 1.165) is 0 Å². The van der Waals surface area contributed by atoms with Crippen LogP contribution in [-0.4, -0.2) is 53.5 Å². The second kappa shape index (κ2) is 11.9. The standard InChI is InChI=1S/C22H42N4O6/c1-12(2)15(25-19(29)31-21(6,7)8)17(27)23-14(5)24-18(28)16(13(3)4)26-20(30)32-22(9,10)11/h12-16H,1-11H3,(H,23,27)(H,24,28)(H,25,29)(H,26,30)/t15-,16-/m0/s1. The van der Waals surface area contributed by atoms with Gasteiger partial charge >= 0.3 is 12.2 Å². The fourth-order valence-corrected chi connectivity index (χ4v) is 2.58. The van der Waals surface area contributed by atoms with Crippen molar-refractivity contribution in [1.82, 2.24) is 21.3 Å². The lowest BCUT2D eigenvalue weighted by atomic mass is 10.0. The smallest absolute Gasteiger partial charge is 0.408 e. The van der Waals surface area contributed by atoms with Crippen LogP contribution in [0.2, 0.25) is 0 Å². The molecule has 0 aliphatic carbocycles. The number of hydrogen-bond donors (Lipinski definition) is 4. The first kappa shape index (κ1) is 29.5. The maximum absolute atomic E-state index is 12.7. The van der Waals surface area contributed by atoms with Crippen LogP contribution in [0.1, 0.15) is 76.2 Å². The summed E-state index contributed by atoms with van der Waals surface area (Å²) in [5.41, 5.74) is -1.40. The highest BCUT2D eigenvalue weighted by Crippen LogP contribution is 2.10. The zero-order chi connectivity index (χ0) is 25.4. The van der Waals surface area contributed by atoms with E-state index >= 15 is 0 Å². The van der Waals surface area contributed by atoms with E-state index in [1.807, 2.05) is 0 Å². The topological polar surface area (TPSA) is 135 Å². The van der Waals surface area contributed by atoms with Crippen molar-refractivity contribution in [3.05, 3.63) is 0 Å². The summed E-state index contributed by atoms with van der Waals surface area (Å²) < 4.78 is 10.4. The van der Waals surface area contributed by atoms with Crippen LogP contribution in [-0.2, 0) is 19.1 Å². The summed E-state index contributed by atoms with van der Waals surface area (Å²) in [4.78, 5) is 49.5. The Hall–Kier alpha value is -2.52. The van der Waals surface area contributed by atoms with E-state index in [2.05, 4.69) is 21.3 Å². The van der Waals surface area contributed by atoms with Crippen molar-refractivity contribution in [2.24, 2.45) is 11.8 Å². The van der Waals surface area contributed by atoms with Gasteiger partial charge in [-0.05, 0) is 60.3 Å². The third-order valence-electron chi connectivity index (χ3n) is 3.96. The van der Waals surface area contributed by atoms with Crippen LogP contribution in [0, 0.1) is 11.8 Å². The van der Waals surface area contributed by atoms with Gasteiger partial charge in [0, 0.05) is 0 Å². The molecule has 4 N–H and O–H groups in total. The largest absolute Gasteiger partial charge is 0.444 e. The first-order valence-corrected chi connectivity index (χ1v) is 10.9. The number of amides is 4. The van der Waals surface area contributed by atoms with Crippen LogP contribution in [0.5, 0.6) is 0 Å². The number of rotatable bonds is 8. The average Bonchev–Trinajstić information content (AvgIpc) is 2.53. The molecule has 0 heterocycles. The number of ether oxygens (including phenoxy) is 2. The number of carbonyl (C=O) groups is 4. The Labute approximate surface area is 191 Å². The Morgan fingerprint density at radius 2 is 0.844 bits per heavy atom. The predicted octanol–water partition coefficient (Wildman–Crippen LogP) is 2.66. The molecule has 0 saturated heterocycles. The highest BCUT2D eigenvalue weighted by molar-refractivity contribution is 5.88. The molecule has 0 aromatic rings. The van der Waals surface area contributed by atoms with E-state index in [1.54, 1.807) is 76.2 Å². The predicted molar refractivity (Wildman–Crippen MR) is 122 cm³/mol. The summed E-state index contributed by atoms with van der Waals surface area (Å²) in [6.45, 7) is 19.1. The third kappa shape index (κ3) is 12.4. The second-order valence-electron chi connectivity index (χ2n) is 10.5. The molecule has 0 aliphatic rings. The van der Waals surface area contributed by atoms with Crippen molar-refractivity contribution in [3.63, 3.8) is 0 Å². The molecule has 10 heteroatoms. The molecule has 0 saturated carbocycles. The van der Waals surface area contributed by atoms with Gasteiger partial charge < -0.3 is 30.7 Å². The van der Waals surface area contributed by atoms with Crippen molar-refractivity contribution in [2.45, 2.75) is 106 Å². The molecule has 0 aliphatic heterocycles. The molecule has 4 amide bonds. The Balaban J connectivity index is 5.03. The Bertz CT molecular complexity index is 608. The molecule has 0 spiro atoms. The Kier molecular flexibility index (Phi) is 11.0. The van der Waals surface area contributed by atoms with Gasteiger partial charge in [0.15, 0.2) is 0 Å². The zero-order valence-corrected chi connectivity index (χ0v) is 21.3. The summed E-state index contributed by atoms with van der Waals surface area (Å²) in [7, 11) is 0. The van der Waals surface area contributed by atoms with Crippen molar-refractivity contribution < 1.29 is 28.7 Å². The van der Waals surface area contributed by atoms with Gasteiger partial charge in [0.25, 0.3) is 0 Å². The molecule has 0 radical (unpaired) electrons. The fourth-order valence-electron chi connectivity index (χ4n) is 2.58. The van der Waals surface area contributed by atoms with E-state index in [-0.39, 0.29) is 11.8 Å². The minimum Gasteiger partial charge on any atom is -0.444 e. The number of carbonyl (C=O) groups excluding carboxylic acids is 4. The van der Waals surface area contributed by atoms with E-state index in [4.69, 9.17) is 9.47 Å². The van der Waals surface area contributed by atoms with Crippen LogP contribution < -0.4 is 21.3 Å². The molecule has 186 valence electrons. The van der Waals surface area contributed by atoms with Gasteiger partial charge in [0.05, 0.1) is 6.17 Å². The summed E-state index contributed by atoms with van der Waals surface area (Å²) in [5.74, 6) is -1.38. The van der Waals surface area contributed by atoms with Gasteiger partial charge in [0.1, 0.15) is 23.3 Å². The van der Waals surface area contributed by atoms with Crippen molar-refractivity contribution in [2.75, 3.05) is 0 Å². The molecule has 0 aromatic carbocycles. The van der Waals surface area contributed by atoms with Gasteiger partial charge in [-0.1, -0.05) is 27.7 Å². The summed E-state index contributed by atoms with van der Waals surface area (Å²) >= 11 is 0. The van der Waals surface area contributed by atoms with Gasteiger partial charge in [-0.2, -0.15) is 0 Å². The van der Waals surface area contributed by atoms with Crippen LogP contribution in [0.25, 0.3) is 0 Å². The number of hydrogen-bond acceptors (Lipinski definition) is 6. The minimum atomic E-state index is -0.856. The molecule has 0 bridgehead atoms. The van der Waals surface area contributed by atoms with Crippen LogP contribution >= 0.6 is 0 Å². The quantitative estimate of drug-likeness (QED) is 0.413. The van der Waals surface area contributed by atoms with Crippen LogP contribution in [0.4, 0.5) is 9.59 Å². The highest BCUT2D eigenvalue weighted by atomic mass is 16.6. The first-order valence-electron chi connectivity index (χ1n) is 10.9. The minimum absolute atomic E-state index is 0.220. The van der Waals surface area contributed by atoms with E-state index < -0.39 is 53.5 Å². The van der Waals surface area contributed by atoms with Crippen LogP contribution in [0.15, 0.2) is 0 Å². The van der Waals surface area contributed by atoms with Gasteiger partial charge in [-0.15, -0.1) is 0 Å². The van der Waals surface area contributed by atoms with Gasteiger partial charge in [-0.25, -0.2) is 9.59 Å². The number of alkyl carbamates (subject to hydrolysis) is 2. The van der Waals surface area contributed by atoms with Crippen molar-refractivity contribution >= 4 is 24.0 Å². The molecule has 10 nitrogen and oxygen atoms in total. The molecular weight excluding hydrogens is 416 g/mol. The number of nitrogens with one attached hydrogen (secondary N) is 4. The maximum Gasteiger partial charge on any atom is 0.408 e. The third-order valence-corrected chi connectivity index (χ3v) is 3.96. The lowest BCUT2D eigenvalue weighted by molar-refractivity contribution is -0.127. The molecule has 32 heavy (non-hydrogen) atoms. The molecule has 0 aromatic heterocycles. The van der Waals surface area contributed by atoms with E-state index in [0.29, 0.717) is 0 Å². The SMILES string of the molecule is CC(NC(=O)[C@@H](NC(=O)OC(C)(C)C)C(C)C)NC(=O)[C@@H](NC(=O)OC(C)(C)C)C(C)C. The molecule has 0 rings (SSSR count). The van der Waals surface area contributed by atoms with Gasteiger partial charge in [0.2, 0.25) is 11.8 Å². The monoisotopic (exact) mass is 458 g/mol. The van der Waals surface area contributed by atoms with Crippen molar-refractivity contribution in [1.29, 1.82) is 0 Å². The van der Waals surface area contributed by atoms with Gasteiger partial charge in [-0.3, -0.25) is 9.59 Å². The summed E-state index contributed by atoms with van der Waals surface area (Å²) in [6.07, 6.45) is -2.16. The Morgan fingerprint density at radius 3 is 1.06 bits per heavy atom. The fraction of sp³-hybridized carbons (Fsp3) is 0.818. The lowest BCUT2D eigenvalue weighted by Gasteiger charge is -2.28. The van der Waals surface area contributed by atoms with Crippen LogP contribution in [0.3, 0.4) is 0 Å². The Morgan fingerprint density at radius 1 is 0.562 bits per heavy atom. The molecule has 2 atom stereocenters. The normalized spacial score (nSPS) is 13.9. The maximum atomic E-state index is 12.7. The lowest BCUT2D eigenvalue weighted by Crippen LogP contribution is -2.58. The highest BCUT2D eigenvalue weighted by Gasteiger charge is 2.30. The molecule has 0 unspecified atom stereocenters. The zero-order valence-electron chi connectivity index (χ0n) is 21.3. The van der Waals surface area contributed by atoms with Crippen molar-refractivity contribution in [3.8, 4) is 0 Å². The summed E-state index contributed by atoms with van der Waals surface area (Å²) in [5, 5.41) is 10.4. The first-order chi connectivity index (χ1) is 14.3. The van der Waals surface area contributed by atoms with E-state index in [1.165, 1.54) is 0 Å². The molecule has 0 fully saturated rings.